The summed E-state index contributed by atoms with van der Waals surface area (Å²) in [6.45, 7) is 2.87. The number of halogens is 2. The summed E-state index contributed by atoms with van der Waals surface area (Å²) in [6.07, 6.45) is 1.70. The zero-order valence-corrected chi connectivity index (χ0v) is 17.9. The van der Waals surface area contributed by atoms with E-state index in [0.717, 1.165) is 22.9 Å². The van der Waals surface area contributed by atoms with Gasteiger partial charge in [-0.15, -0.1) is 0 Å². The van der Waals surface area contributed by atoms with Crippen LogP contribution in [0, 0.1) is 0 Å². The normalized spacial score (nSPS) is 16.3. The molecule has 0 aromatic heterocycles. The van der Waals surface area contributed by atoms with Crippen molar-refractivity contribution in [1.82, 2.24) is 9.62 Å². The Morgan fingerprint density at radius 3 is 2.52 bits per heavy atom. The van der Waals surface area contributed by atoms with Gasteiger partial charge in [-0.05, 0) is 49.6 Å². The number of hydrogen-bond acceptors (Lipinski definition) is 3. The number of carbonyl (C=O) groups is 1. The van der Waals surface area contributed by atoms with Crippen LogP contribution in [0.15, 0.2) is 51.8 Å². The molecule has 1 aliphatic rings. The highest BCUT2D eigenvalue weighted by Gasteiger charge is 2.28. The molecule has 0 radical (unpaired) electrons. The maximum atomic E-state index is 12.8. The number of amides is 1. The monoisotopic (exact) mass is 470 g/mol. The van der Waals surface area contributed by atoms with Gasteiger partial charge in [0.1, 0.15) is 0 Å². The molecule has 1 fully saturated rings. The molecule has 5 nitrogen and oxygen atoms in total. The quantitative estimate of drug-likeness (QED) is 0.704. The molecule has 1 amide bonds. The molecule has 27 heavy (non-hydrogen) atoms. The number of hydrogen-bond donors (Lipinski definition) is 1. The van der Waals surface area contributed by atoms with Gasteiger partial charge in [-0.25, -0.2) is 8.42 Å². The van der Waals surface area contributed by atoms with Gasteiger partial charge in [-0.3, -0.25) is 4.79 Å². The van der Waals surface area contributed by atoms with Gasteiger partial charge in [0.25, 0.3) is 5.91 Å². The molecule has 1 aliphatic heterocycles. The Morgan fingerprint density at radius 1 is 1.19 bits per heavy atom. The van der Waals surface area contributed by atoms with Crippen LogP contribution in [0.4, 0.5) is 0 Å². The minimum atomic E-state index is -3.61. The molecule has 8 heteroatoms. The second kappa shape index (κ2) is 8.31. The van der Waals surface area contributed by atoms with E-state index in [0.29, 0.717) is 13.1 Å². The van der Waals surface area contributed by atoms with E-state index in [9.17, 15) is 13.2 Å². The summed E-state index contributed by atoms with van der Waals surface area (Å²) in [6, 6.07) is 11.6. The van der Waals surface area contributed by atoms with Crippen molar-refractivity contribution in [3.8, 4) is 0 Å². The fraction of sp³-hybridized carbons (Fsp3) is 0.316. The maximum absolute atomic E-state index is 12.8. The summed E-state index contributed by atoms with van der Waals surface area (Å²) in [5, 5.41) is 3.10. The van der Waals surface area contributed by atoms with Crippen LogP contribution in [0.2, 0.25) is 5.02 Å². The zero-order valence-electron chi connectivity index (χ0n) is 14.8. The predicted molar refractivity (Wildman–Crippen MR) is 109 cm³/mol. The summed E-state index contributed by atoms with van der Waals surface area (Å²) in [5.74, 6) is -0.415. The van der Waals surface area contributed by atoms with E-state index < -0.39 is 15.9 Å². The first-order chi connectivity index (χ1) is 12.8. The van der Waals surface area contributed by atoms with Gasteiger partial charge in [-0.2, -0.15) is 4.31 Å². The van der Waals surface area contributed by atoms with Crippen LogP contribution in [0.3, 0.4) is 0 Å². The number of carbonyl (C=O) groups excluding carboxylic acids is 1. The fourth-order valence-corrected chi connectivity index (χ4v) is 5.47. The highest BCUT2D eigenvalue weighted by Crippen LogP contribution is 2.27. The lowest BCUT2D eigenvalue weighted by Crippen LogP contribution is -2.29. The highest BCUT2D eigenvalue weighted by molar-refractivity contribution is 9.10. The molecule has 1 atom stereocenters. The average Bonchev–Trinajstić information content (AvgIpc) is 3.17. The standard InChI is InChI=1S/C19H20BrClN2O3S/c1-13(15-6-2-3-7-17(15)20)22-19(24)16-12-14(8-9-18(16)21)27(25,26)23-10-4-5-11-23/h2-3,6-9,12-13H,4-5,10-11H2,1H3,(H,22,24). The molecule has 1 heterocycles. The van der Waals surface area contributed by atoms with E-state index >= 15 is 0 Å². The van der Waals surface area contributed by atoms with Gasteiger partial charge < -0.3 is 5.32 Å². The molecule has 0 bridgehead atoms. The third-order valence-electron chi connectivity index (χ3n) is 4.60. The number of benzene rings is 2. The Hall–Kier alpha value is -1.41. The molecule has 2 aromatic carbocycles. The topological polar surface area (TPSA) is 66.5 Å². The maximum Gasteiger partial charge on any atom is 0.253 e. The minimum absolute atomic E-state index is 0.0903. The van der Waals surface area contributed by atoms with Crippen molar-refractivity contribution in [2.24, 2.45) is 0 Å². The smallest absolute Gasteiger partial charge is 0.253 e. The van der Waals surface area contributed by atoms with Gasteiger partial charge in [0.05, 0.1) is 21.5 Å². The predicted octanol–water partition coefficient (Wildman–Crippen LogP) is 4.38. The molecular weight excluding hydrogens is 452 g/mol. The molecule has 144 valence electrons. The Labute approximate surface area is 172 Å². The lowest BCUT2D eigenvalue weighted by atomic mass is 10.1. The first-order valence-electron chi connectivity index (χ1n) is 8.65. The fourth-order valence-electron chi connectivity index (χ4n) is 3.09. The first kappa shape index (κ1) is 20.3. The van der Waals surface area contributed by atoms with Crippen LogP contribution in [0.5, 0.6) is 0 Å². The summed E-state index contributed by atoms with van der Waals surface area (Å²) >= 11 is 9.65. The lowest BCUT2D eigenvalue weighted by Gasteiger charge is -2.18. The molecule has 0 aliphatic carbocycles. The van der Waals surface area contributed by atoms with E-state index in [2.05, 4.69) is 21.2 Å². The number of nitrogens with one attached hydrogen (secondary N) is 1. The summed E-state index contributed by atoms with van der Waals surface area (Å²) in [7, 11) is -3.61. The van der Waals surface area contributed by atoms with Crippen LogP contribution in [0.25, 0.3) is 0 Å². The molecule has 1 saturated heterocycles. The van der Waals surface area contributed by atoms with Crippen molar-refractivity contribution in [3.05, 3.63) is 63.1 Å². The molecule has 0 spiro atoms. The zero-order chi connectivity index (χ0) is 19.6. The molecular formula is C19H20BrClN2O3S. The number of nitrogens with zero attached hydrogens (tertiary/aromatic N) is 1. The molecule has 0 saturated carbocycles. The summed E-state index contributed by atoms with van der Waals surface area (Å²) in [5.41, 5.74) is 1.07. The van der Waals surface area contributed by atoms with Crippen molar-refractivity contribution in [2.45, 2.75) is 30.7 Å². The van der Waals surface area contributed by atoms with Crippen molar-refractivity contribution >= 4 is 43.5 Å². The van der Waals surface area contributed by atoms with Crippen LogP contribution >= 0.6 is 27.5 Å². The number of rotatable bonds is 5. The average molecular weight is 472 g/mol. The van der Waals surface area contributed by atoms with Gasteiger partial charge in [0, 0.05) is 17.6 Å². The van der Waals surface area contributed by atoms with E-state index in [1.54, 1.807) is 0 Å². The van der Waals surface area contributed by atoms with E-state index in [1.807, 2.05) is 31.2 Å². The molecule has 1 N–H and O–H groups in total. The van der Waals surface area contributed by atoms with Gasteiger partial charge >= 0.3 is 0 Å². The van der Waals surface area contributed by atoms with Crippen molar-refractivity contribution in [3.63, 3.8) is 0 Å². The van der Waals surface area contributed by atoms with Crippen LogP contribution in [0.1, 0.15) is 41.7 Å². The first-order valence-corrected chi connectivity index (χ1v) is 11.3. The molecule has 1 unspecified atom stereocenters. The second-order valence-corrected chi connectivity index (χ2v) is 9.67. The SMILES string of the molecule is CC(NC(=O)c1cc(S(=O)(=O)N2CCCC2)ccc1Cl)c1ccccc1Br. The third kappa shape index (κ3) is 4.37. The second-order valence-electron chi connectivity index (χ2n) is 6.47. The Morgan fingerprint density at radius 2 is 1.85 bits per heavy atom. The van der Waals surface area contributed by atoms with Crippen molar-refractivity contribution in [1.29, 1.82) is 0 Å². The third-order valence-corrected chi connectivity index (χ3v) is 7.55. The van der Waals surface area contributed by atoms with Crippen molar-refractivity contribution in [2.75, 3.05) is 13.1 Å². The largest absolute Gasteiger partial charge is 0.345 e. The van der Waals surface area contributed by atoms with E-state index in [-0.39, 0.29) is 21.5 Å². The number of sulfonamides is 1. The van der Waals surface area contributed by atoms with Crippen LogP contribution in [-0.2, 0) is 10.0 Å². The minimum Gasteiger partial charge on any atom is -0.345 e. The van der Waals surface area contributed by atoms with Gasteiger partial charge in [0.2, 0.25) is 10.0 Å². The van der Waals surface area contributed by atoms with Crippen molar-refractivity contribution < 1.29 is 13.2 Å². The Bertz CT molecular complexity index is 959. The molecule has 2 aromatic rings. The van der Waals surface area contributed by atoms with Crippen LogP contribution < -0.4 is 5.32 Å². The Kier molecular flexibility index (Phi) is 6.25. The Balaban J connectivity index is 1.86. The summed E-state index contributed by atoms with van der Waals surface area (Å²) in [4.78, 5) is 12.8. The van der Waals surface area contributed by atoms with Gasteiger partial charge in [-0.1, -0.05) is 45.7 Å². The van der Waals surface area contributed by atoms with E-state index in [4.69, 9.17) is 11.6 Å². The van der Waals surface area contributed by atoms with Gasteiger partial charge in [0.15, 0.2) is 0 Å². The molecule has 3 rings (SSSR count). The lowest BCUT2D eigenvalue weighted by molar-refractivity contribution is 0.0939. The summed E-state index contributed by atoms with van der Waals surface area (Å²) < 4.78 is 27.8. The van der Waals surface area contributed by atoms with E-state index in [1.165, 1.54) is 22.5 Å². The van der Waals surface area contributed by atoms with Crippen LogP contribution in [-0.4, -0.2) is 31.7 Å². The highest BCUT2D eigenvalue weighted by atomic mass is 79.9.